The van der Waals surface area contributed by atoms with Gasteiger partial charge in [0.25, 0.3) is 0 Å². The first-order valence-electron chi connectivity index (χ1n) is 8.58. The molecule has 0 unspecified atom stereocenters. The summed E-state index contributed by atoms with van der Waals surface area (Å²) >= 11 is 0. The van der Waals surface area contributed by atoms with Crippen molar-refractivity contribution in [3.63, 3.8) is 0 Å². The van der Waals surface area contributed by atoms with Crippen LogP contribution in [-0.4, -0.2) is 16.5 Å². The standard InChI is InChI=1S/C20H18F4N4/c1-13-26-18(25-11-10-14-4-2-3-5-17(14)21)12-19(27-13)28-16-8-6-15(7-9-16)20(22,23)24/h2-9,12H,10-11H2,1H3,(H2,25,26,27,28). The van der Waals surface area contributed by atoms with Crippen LogP contribution in [0.1, 0.15) is 17.0 Å². The molecule has 0 fully saturated rings. The van der Waals surface area contributed by atoms with Gasteiger partial charge in [0.15, 0.2) is 0 Å². The minimum Gasteiger partial charge on any atom is -0.370 e. The predicted octanol–water partition coefficient (Wildman–Crippen LogP) is 5.34. The fourth-order valence-electron chi connectivity index (χ4n) is 2.64. The molecule has 0 saturated heterocycles. The lowest BCUT2D eigenvalue weighted by Crippen LogP contribution is -2.09. The molecule has 0 amide bonds. The van der Waals surface area contributed by atoms with Crippen LogP contribution in [0, 0.1) is 12.7 Å². The number of aryl methyl sites for hydroxylation is 1. The summed E-state index contributed by atoms with van der Waals surface area (Å²) in [6.07, 6.45) is -3.89. The van der Waals surface area contributed by atoms with E-state index in [1.165, 1.54) is 18.2 Å². The van der Waals surface area contributed by atoms with Crippen LogP contribution >= 0.6 is 0 Å². The molecule has 0 radical (unpaired) electrons. The fraction of sp³-hybridized carbons (Fsp3) is 0.200. The second kappa shape index (κ2) is 8.24. The maximum Gasteiger partial charge on any atom is 0.416 e. The minimum absolute atomic E-state index is 0.257. The summed E-state index contributed by atoms with van der Waals surface area (Å²) in [6, 6.07) is 12.9. The van der Waals surface area contributed by atoms with Crippen molar-refractivity contribution in [3.8, 4) is 0 Å². The Hall–Kier alpha value is -3.16. The Balaban J connectivity index is 1.65. The van der Waals surface area contributed by atoms with E-state index in [4.69, 9.17) is 0 Å². The number of nitrogens with zero attached hydrogens (tertiary/aromatic N) is 2. The Morgan fingerprint density at radius 2 is 1.61 bits per heavy atom. The molecule has 3 rings (SSSR count). The SMILES string of the molecule is Cc1nc(NCCc2ccccc2F)cc(Nc2ccc(C(F)(F)F)cc2)n1. The van der Waals surface area contributed by atoms with Crippen LogP contribution in [0.5, 0.6) is 0 Å². The highest BCUT2D eigenvalue weighted by molar-refractivity contribution is 5.59. The first kappa shape index (κ1) is 19.6. The third-order valence-electron chi connectivity index (χ3n) is 3.98. The molecule has 8 heteroatoms. The van der Waals surface area contributed by atoms with Gasteiger partial charge in [-0.25, -0.2) is 14.4 Å². The molecule has 1 heterocycles. The Kier molecular flexibility index (Phi) is 5.77. The van der Waals surface area contributed by atoms with E-state index < -0.39 is 11.7 Å². The summed E-state index contributed by atoms with van der Waals surface area (Å²) in [6.45, 7) is 2.18. The lowest BCUT2D eigenvalue weighted by molar-refractivity contribution is -0.137. The molecule has 28 heavy (non-hydrogen) atoms. The van der Waals surface area contributed by atoms with E-state index in [-0.39, 0.29) is 5.82 Å². The van der Waals surface area contributed by atoms with Gasteiger partial charge in [0.05, 0.1) is 5.56 Å². The normalized spacial score (nSPS) is 11.3. The largest absolute Gasteiger partial charge is 0.416 e. The second-order valence-corrected chi connectivity index (χ2v) is 6.15. The number of alkyl halides is 3. The molecule has 0 aliphatic rings. The van der Waals surface area contributed by atoms with Gasteiger partial charge >= 0.3 is 6.18 Å². The number of benzene rings is 2. The quantitative estimate of drug-likeness (QED) is 0.558. The first-order chi connectivity index (χ1) is 13.3. The van der Waals surface area contributed by atoms with Crippen LogP contribution in [-0.2, 0) is 12.6 Å². The number of rotatable bonds is 6. The highest BCUT2D eigenvalue weighted by atomic mass is 19.4. The molecular formula is C20H18F4N4. The van der Waals surface area contributed by atoms with E-state index in [0.717, 1.165) is 12.1 Å². The van der Waals surface area contributed by atoms with Gasteiger partial charge in [-0.2, -0.15) is 13.2 Å². The molecule has 1 aromatic heterocycles. The monoisotopic (exact) mass is 390 g/mol. The summed E-state index contributed by atoms with van der Waals surface area (Å²) in [7, 11) is 0. The summed E-state index contributed by atoms with van der Waals surface area (Å²) in [5.41, 5.74) is 0.361. The molecule has 0 aliphatic carbocycles. The van der Waals surface area contributed by atoms with Gasteiger partial charge in [-0.05, 0) is 49.2 Å². The minimum atomic E-state index is -4.38. The molecule has 146 valence electrons. The van der Waals surface area contributed by atoms with Gasteiger partial charge in [-0.15, -0.1) is 0 Å². The average Bonchev–Trinajstić information content (AvgIpc) is 2.63. The zero-order valence-electron chi connectivity index (χ0n) is 15.0. The number of hydrogen-bond donors (Lipinski definition) is 2. The van der Waals surface area contributed by atoms with Gasteiger partial charge in [-0.1, -0.05) is 18.2 Å². The van der Waals surface area contributed by atoms with E-state index >= 15 is 0 Å². The molecule has 0 atom stereocenters. The second-order valence-electron chi connectivity index (χ2n) is 6.15. The Morgan fingerprint density at radius 3 is 2.29 bits per heavy atom. The van der Waals surface area contributed by atoms with Crippen LogP contribution in [0.4, 0.5) is 34.9 Å². The molecule has 4 nitrogen and oxygen atoms in total. The van der Waals surface area contributed by atoms with Crippen molar-refractivity contribution in [2.45, 2.75) is 19.5 Å². The molecule has 0 saturated carbocycles. The average molecular weight is 390 g/mol. The third kappa shape index (κ3) is 5.18. The summed E-state index contributed by atoms with van der Waals surface area (Å²) < 4.78 is 51.6. The number of nitrogens with one attached hydrogen (secondary N) is 2. The maximum absolute atomic E-state index is 13.7. The van der Waals surface area contributed by atoms with Gasteiger partial charge in [0, 0.05) is 18.3 Å². The van der Waals surface area contributed by atoms with Gasteiger partial charge in [0.1, 0.15) is 23.3 Å². The van der Waals surface area contributed by atoms with Crippen molar-refractivity contribution in [2.75, 3.05) is 17.2 Å². The van der Waals surface area contributed by atoms with Crippen LogP contribution < -0.4 is 10.6 Å². The zero-order chi connectivity index (χ0) is 20.1. The molecule has 0 aliphatic heterocycles. The Bertz CT molecular complexity index is 940. The van der Waals surface area contributed by atoms with Crippen molar-refractivity contribution in [1.29, 1.82) is 0 Å². The van der Waals surface area contributed by atoms with Crippen LogP contribution in [0.15, 0.2) is 54.6 Å². The van der Waals surface area contributed by atoms with Gasteiger partial charge < -0.3 is 10.6 Å². The van der Waals surface area contributed by atoms with E-state index in [1.807, 2.05) is 0 Å². The van der Waals surface area contributed by atoms with E-state index in [1.54, 1.807) is 31.2 Å². The van der Waals surface area contributed by atoms with Gasteiger partial charge in [-0.3, -0.25) is 0 Å². The molecule has 0 bridgehead atoms. The first-order valence-corrected chi connectivity index (χ1v) is 8.58. The summed E-state index contributed by atoms with van der Waals surface area (Å²) in [5.74, 6) is 1.22. The summed E-state index contributed by atoms with van der Waals surface area (Å²) in [4.78, 5) is 8.51. The Labute approximate surface area is 159 Å². The highest BCUT2D eigenvalue weighted by Crippen LogP contribution is 2.30. The number of halogens is 4. The number of anilines is 3. The van der Waals surface area contributed by atoms with Crippen molar-refractivity contribution in [1.82, 2.24) is 9.97 Å². The Morgan fingerprint density at radius 1 is 0.929 bits per heavy atom. The van der Waals surface area contributed by atoms with E-state index in [0.29, 0.717) is 41.7 Å². The predicted molar refractivity (Wildman–Crippen MR) is 100 cm³/mol. The molecular weight excluding hydrogens is 372 g/mol. The molecule has 3 aromatic rings. The van der Waals surface area contributed by atoms with Crippen molar-refractivity contribution in [3.05, 3.63) is 77.4 Å². The zero-order valence-corrected chi connectivity index (χ0v) is 15.0. The molecule has 2 N–H and O–H groups in total. The number of hydrogen-bond acceptors (Lipinski definition) is 4. The fourth-order valence-corrected chi connectivity index (χ4v) is 2.64. The molecule has 0 spiro atoms. The topological polar surface area (TPSA) is 49.8 Å². The summed E-state index contributed by atoms with van der Waals surface area (Å²) in [5, 5.41) is 6.07. The van der Waals surface area contributed by atoms with Gasteiger partial charge in [0.2, 0.25) is 0 Å². The van der Waals surface area contributed by atoms with Crippen LogP contribution in [0.2, 0.25) is 0 Å². The van der Waals surface area contributed by atoms with Crippen molar-refractivity contribution in [2.24, 2.45) is 0 Å². The van der Waals surface area contributed by atoms with Crippen LogP contribution in [0.3, 0.4) is 0 Å². The maximum atomic E-state index is 13.7. The molecule has 2 aromatic carbocycles. The van der Waals surface area contributed by atoms with E-state index in [9.17, 15) is 17.6 Å². The van der Waals surface area contributed by atoms with Crippen LogP contribution in [0.25, 0.3) is 0 Å². The third-order valence-corrected chi connectivity index (χ3v) is 3.98. The smallest absolute Gasteiger partial charge is 0.370 e. The lowest BCUT2D eigenvalue weighted by atomic mass is 10.1. The van der Waals surface area contributed by atoms with E-state index in [2.05, 4.69) is 20.6 Å². The lowest BCUT2D eigenvalue weighted by Gasteiger charge is -2.11. The van der Waals surface area contributed by atoms with Crippen molar-refractivity contribution >= 4 is 17.3 Å². The van der Waals surface area contributed by atoms with Crippen molar-refractivity contribution < 1.29 is 17.6 Å². The number of aromatic nitrogens is 2. The highest BCUT2D eigenvalue weighted by Gasteiger charge is 2.29.